The summed E-state index contributed by atoms with van der Waals surface area (Å²) in [7, 11) is 0. The highest BCUT2D eigenvalue weighted by Crippen LogP contribution is 2.31. The van der Waals surface area contributed by atoms with Gasteiger partial charge in [-0.05, 0) is 12.3 Å². The Labute approximate surface area is 174 Å². The maximum atomic E-state index is 11.4. The number of aromatic nitrogens is 6. The van der Waals surface area contributed by atoms with Crippen LogP contribution in [-0.4, -0.2) is 40.7 Å². The Morgan fingerprint density at radius 2 is 2.07 bits per heavy atom. The van der Waals surface area contributed by atoms with Crippen molar-refractivity contribution in [1.82, 2.24) is 29.7 Å². The highest BCUT2D eigenvalue weighted by molar-refractivity contribution is 5.67. The van der Waals surface area contributed by atoms with Gasteiger partial charge in [0.15, 0.2) is 5.82 Å². The molecule has 0 saturated heterocycles. The quantitative estimate of drug-likeness (QED) is 0.561. The van der Waals surface area contributed by atoms with E-state index in [4.69, 9.17) is 4.52 Å². The van der Waals surface area contributed by atoms with Gasteiger partial charge >= 0.3 is 5.97 Å². The molecule has 0 radical (unpaired) electrons. The van der Waals surface area contributed by atoms with Gasteiger partial charge in [-0.15, -0.1) is 0 Å². The highest BCUT2D eigenvalue weighted by Gasteiger charge is 2.24. The molecule has 9 nitrogen and oxygen atoms in total. The summed E-state index contributed by atoms with van der Waals surface area (Å²) in [6.45, 7) is 0. The Morgan fingerprint density at radius 3 is 2.83 bits per heavy atom. The average Bonchev–Trinajstić information content (AvgIpc) is 3.46. The maximum Gasteiger partial charge on any atom is 0.304 e. The fourth-order valence-corrected chi connectivity index (χ4v) is 4.14. The van der Waals surface area contributed by atoms with Crippen LogP contribution in [0.1, 0.15) is 69.6 Å². The normalized spacial score (nSPS) is 15.9. The predicted octanol–water partition coefficient (Wildman–Crippen LogP) is 4.02. The van der Waals surface area contributed by atoms with Crippen LogP contribution in [0.5, 0.6) is 0 Å². The zero-order valence-electron chi connectivity index (χ0n) is 16.9. The van der Waals surface area contributed by atoms with E-state index in [1.807, 2.05) is 0 Å². The van der Waals surface area contributed by atoms with E-state index in [0.717, 1.165) is 25.2 Å². The van der Waals surface area contributed by atoms with Gasteiger partial charge in [0.2, 0.25) is 11.7 Å². The lowest BCUT2D eigenvalue weighted by atomic mass is 9.84. The first-order valence-corrected chi connectivity index (χ1v) is 10.5. The van der Waals surface area contributed by atoms with Gasteiger partial charge in [-0.25, -0.2) is 9.97 Å². The molecule has 9 heteroatoms. The number of carbonyl (C=O) groups is 1. The van der Waals surface area contributed by atoms with E-state index in [1.165, 1.54) is 32.1 Å². The third-order valence-electron chi connectivity index (χ3n) is 5.72. The number of nitrogens with zero attached hydrogens (tertiary/aromatic N) is 6. The number of carboxylic acid groups (broad SMARTS) is 1. The van der Waals surface area contributed by atoms with Crippen LogP contribution < -0.4 is 0 Å². The third-order valence-corrected chi connectivity index (χ3v) is 5.72. The molecule has 4 rings (SSSR count). The van der Waals surface area contributed by atoms with Crippen LogP contribution in [0.15, 0.2) is 35.6 Å². The molecule has 1 N–H and O–H groups in total. The van der Waals surface area contributed by atoms with Gasteiger partial charge in [-0.2, -0.15) is 4.98 Å². The summed E-state index contributed by atoms with van der Waals surface area (Å²) in [5.74, 6) is 0.860. The second kappa shape index (κ2) is 9.60. The fourth-order valence-electron chi connectivity index (χ4n) is 4.14. The van der Waals surface area contributed by atoms with E-state index >= 15 is 0 Å². The lowest BCUT2D eigenvalue weighted by molar-refractivity contribution is -0.137. The van der Waals surface area contributed by atoms with Crippen molar-refractivity contribution in [3.05, 3.63) is 37.0 Å². The van der Waals surface area contributed by atoms with Gasteiger partial charge in [0.1, 0.15) is 12.0 Å². The standard InChI is InChI=1S/C21H26N6O3/c28-19(29)11-16(8-4-7-15-5-2-1-3-6-15)21-25-20(26-30-21)17-12-23-13-18(24-17)27-10-9-22-14-27/h9-10,12-16H,1-8,11H2,(H,28,29)/t16-/m1/s1. The van der Waals surface area contributed by atoms with E-state index < -0.39 is 5.97 Å². The van der Waals surface area contributed by atoms with E-state index in [9.17, 15) is 9.90 Å². The molecule has 158 valence electrons. The largest absolute Gasteiger partial charge is 0.481 e. The molecule has 1 aliphatic rings. The molecule has 3 heterocycles. The second-order valence-corrected chi connectivity index (χ2v) is 7.92. The van der Waals surface area contributed by atoms with Crippen molar-refractivity contribution >= 4 is 5.97 Å². The minimum atomic E-state index is -0.862. The first-order valence-electron chi connectivity index (χ1n) is 10.5. The minimum Gasteiger partial charge on any atom is -0.481 e. The second-order valence-electron chi connectivity index (χ2n) is 7.92. The molecule has 1 saturated carbocycles. The Bertz CT molecular complexity index is 949. The molecule has 1 aliphatic carbocycles. The summed E-state index contributed by atoms with van der Waals surface area (Å²) in [5, 5.41) is 13.4. The third kappa shape index (κ3) is 5.08. The predicted molar refractivity (Wildman–Crippen MR) is 108 cm³/mol. The molecule has 1 atom stereocenters. The summed E-state index contributed by atoms with van der Waals surface area (Å²) < 4.78 is 7.18. The lowest BCUT2D eigenvalue weighted by Gasteiger charge is -2.21. The number of rotatable bonds is 9. The molecule has 0 unspecified atom stereocenters. The monoisotopic (exact) mass is 410 g/mol. The van der Waals surface area contributed by atoms with Gasteiger partial charge < -0.3 is 9.63 Å². The van der Waals surface area contributed by atoms with Gasteiger partial charge in [0.05, 0.1) is 18.8 Å². The molecule has 0 aliphatic heterocycles. The molecule has 3 aromatic rings. The Morgan fingerprint density at radius 1 is 1.20 bits per heavy atom. The molecule has 0 amide bonds. The molecular weight excluding hydrogens is 384 g/mol. The van der Waals surface area contributed by atoms with Crippen LogP contribution in [-0.2, 0) is 4.79 Å². The lowest BCUT2D eigenvalue weighted by Crippen LogP contribution is -2.10. The maximum absolute atomic E-state index is 11.4. The van der Waals surface area contributed by atoms with Crippen molar-refractivity contribution in [2.45, 2.75) is 63.7 Å². The summed E-state index contributed by atoms with van der Waals surface area (Å²) in [6, 6.07) is 0. The average molecular weight is 410 g/mol. The van der Waals surface area contributed by atoms with Crippen molar-refractivity contribution in [1.29, 1.82) is 0 Å². The molecule has 1 fully saturated rings. The minimum absolute atomic E-state index is 0.0208. The topological polar surface area (TPSA) is 120 Å². The van der Waals surface area contributed by atoms with Crippen LogP contribution in [0.3, 0.4) is 0 Å². The van der Waals surface area contributed by atoms with E-state index in [-0.39, 0.29) is 12.3 Å². The van der Waals surface area contributed by atoms with Crippen molar-refractivity contribution in [2.75, 3.05) is 0 Å². The summed E-state index contributed by atoms with van der Waals surface area (Å²) in [6.07, 6.45) is 17.6. The first kappa shape index (κ1) is 20.2. The number of imidazole rings is 1. The van der Waals surface area contributed by atoms with Crippen LogP contribution in [0, 0.1) is 5.92 Å². The highest BCUT2D eigenvalue weighted by atomic mass is 16.5. The van der Waals surface area contributed by atoms with Crippen LogP contribution in [0.2, 0.25) is 0 Å². The Hall–Kier alpha value is -3.10. The van der Waals surface area contributed by atoms with Gasteiger partial charge in [0.25, 0.3) is 0 Å². The molecular formula is C21H26N6O3. The molecule has 3 aromatic heterocycles. The smallest absolute Gasteiger partial charge is 0.304 e. The number of carboxylic acids is 1. The molecule has 0 spiro atoms. The van der Waals surface area contributed by atoms with Crippen LogP contribution in [0.25, 0.3) is 17.3 Å². The summed E-state index contributed by atoms with van der Waals surface area (Å²) in [4.78, 5) is 28.5. The number of hydrogen-bond donors (Lipinski definition) is 1. The number of aliphatic carboxylic acids is 1. The van der Waals surface area contributed by atoms with Gasteiger partial charge in [0, 0.05) is 18.3 Å². The SMILES string of the molecule is O=C(O)C[C@@H](CCCC1CCCCC1)c1nc(-c2cncc(-n3ccnc3)n2)no1. The van der Waals surface area contributed by atoms with Gasteiger partial charge in [-0.1, -0.05) is 50.1 Å². The summed E-state index contributed by atoms with van der Waals surface area (Å²) >= 11 is 0. The molecule has 0 aromatic carbocycles. The van der Waals surface area contributed by atoms with Crippen molar-refractivity contribution in [3.63, 3.8) is 0 Å². The molecule has 30 heavy (non-hydrogen) atoms. The Kier molecular flexibility index (Phi) is 6.46. The fraction of sp³-hybridized carbons (Fsp3) is 0.524. The van der Waals surface area contributed by atoms with Crippen LogP contribution in [0.4, 0.5) is 0 Å². The van der Waals surface area contributed by atoms with E-state index in [2.05, 4.69) is 25.1 Å². The van der Waals surface area contributed by atoms with Crippen molar-refractivity contribution < 1.29 is 14.4 Å². The van der Waals surface area contributed by atoms with E-state index in [0.29, 0.717) is 23.2 Å². The van der Waals surface area contributed by atoms with E-state index in [1.54, 1.807) is 35.7 Å². The van der Waals surface area contributed by atoms with Crippen LogP contribution >= 0.6 is 0 Å². The molecule has 0 bridgehead atoms. The van der Waals surface area contributed by atoms with Crippen molar-refractivity contribution in [3.8, 4) is 17.3 Å². The summed E-state index contributed by atoms with van der Waals surface area (Å²) in [5.41, 5.74) is 0.465. The Balaban J connectivity index is 1.45. The van der Waals surface area contributed by atoms with Gasteiger partial charge in [-0.3, -0.25) is 14.3 Å². The zero-order chi connectivity index (χ0) is 20.8. The van der Waals surface area contributed by atoms with Crippen molar-refractivity contribution in [2.24, 2.45) is 5.92 Å². The zero-order valence-corrected chi connectivity index (χ0v) is 16.9. The first-order chi connectivity index (χ1) is 14.7. The number of hydrogen-bond acceptors (Lipinski definition) is 7.